The Bertz CT molecular complexity index is 2280. The maximum absolute atomic E-state index is 13.6. The number of carbonyl (C=O) groups excluding carboxylic acids is 2. The summed E-state index contributed by atoms with van der Waals surface area (Å²) in [7, 11) is 1.80. The molecule has 12 rings (SSSR count). The molecule has 10 aliphatic rings. The molecule has 0 radical (unpaired) electrons. The number of phenols is 2. The number of aromatic hydroxyl groups is 2. The Morgan fingerprint density at radius 2 is 1.47 bits per heavy atom. The highest BCUT2D eigenvalue weighted by Gasteiger charge is 2.78. The number of hydrogen-bond acceptors (Lipinski definition) is 11. The predicted octanol–water partition coefficient (Wildman–Crippen LogP) is 7.36. The third kappa shape index (κ3) is 4.72. The number of nitrogens with zero attached hydrogens (tertiary/aromatic N) is 1. The fourth-order valence-corrected chi connectivity index (χ4v) is 14.3. The van der Waals surface area contributed by atoms with Gasteiger partial charge in [-0.1, -0.05) is 31.2 Å². The molecule has 5 heterocycles. The van der Waals surface area contributed by atoms with Gasteiger partial charge in [0.25, 0.3) is 0 Å². The van der Waals surface area contributed by atoms with E-state index in [9.17, 15) is 19.8 Å². The van der Waals surface area contributed by atoms with Crippen molar-refractivity contribution in [1.82, 2.24) is 4.90 Å². The Balaban J connectivity index is 0.772. The van der Waals surface area contributed by atoms with E-state index in [2.05, 4.69) is 25.0 Å². The first-order valence-corrected chi connectivity index (χ1v) is 22.1. The highest BCUT2D eigenvalue weighted by molar-refractivity contribution is 5.73. The summed E-state index contributed by atoms with van der Waals surface area (Å²) in [5, 5.41) is 22.1. The molecule has 3 saturated heterocycles. The molecule has 3 spiro atoms. The summed E-state index contributed by atoms with van der Waals surface area (Å²) in [6, 6.07) is 7.47. The van der Waals surface area contributed by atoms with E-state index in [4.69, 9.17) is 28.4 Å². The van der Waals surface area contributed by atoms with Gasteiger partial charge < -0.3 is 38.6 Å². The second kappa shape index (κ2) is 13.5. The van der Waals surface area contributed by atoms with Gasteiger partial charge in [0, 0.05) is 50.1 Å². The maximum atomic E-state index is 13.6. The monoisotopic (exact) mass is 817 g/mol. The zero-order chi connectivity index (χ0) is 41.3. The van der Waals surface area contributed by atoms with Crippen molar-refractivity contribution in [2.45, 2.75) is 124 Å². The third-order valence-electron chi connectivity index (χ3n) is 16.8. The van der Waals surface area contributed by atoms with Crippen LogP contribution in [0.25, 0.3) is 0 Å². The summed E-state index contributed by atoms with van der Waals surface area (Å²) in [4.78, 5) is 29.5. The molecular formula is C49H55NO10. The second-order valence-corrected chi connectivity index (χ2v) is 18.9. The average molecular weight is 818 g/mol. The fraction of sp³-hybridized carbons (Fsp3) is 0.551. The number of ether oxygens (including phenoxy) is 6. The number of phenolic OH excluding ortho intramolecular Hbond substituents is 2. The van der Waals surface area contributed by atoms with Crippen LogP contribution in [0.3, 0.4) is 0 Å². The molecule has 6 bridgehead atoms. The number of carbonyl (C=O) groups is 2. The van der Waals surface area contributed by atoms with Crippen LogP contribution in [-0.4, -0.2) is 76.9 Å². The summed E-state index contributed by atoms with van der Waals surface area (Å²) in [5.74, 6) is 2.48. The summed E-state index contributed by atoms with van der Waals surface area (Å²) < 4.78 is 39.2. The van der Waals surface area contributed by atoms with Gasteiger partial charge in [0.1, 0.15) is 17.7 Å². The molecule has 0 amide bonds. The van der Waals surface area contributed by atoms with Gasteiger partial charge in [0.15, 0.2) is 35.2 Å². The summed E-state index contributed by atoms with van der Waals surface area (Å²) >= 11 is 0. The zero-order valence-electron chi connectivity index (χ0n) is 34.6. The highest BCUT2D eigenvalue weighted by Crippen LogP contribution is 2.72. The number of hydrogen-bond donors (Lipinski definition) is 2. The molecule has 1 saturated carbocycles. The van der Waals surface area contributed by atoms with Crippen LogP contribution in [-0.2, 0) is 52.2 Å². The molecule has 5 aliphatic heterocycles. The Kier molecular flexibility index (Phi) is 8.60. The van der Waals surface area contributed by atoms with Crippen molar-refractivity contribution in [2.75, 3.05) is 20.2 Å². The van der Waals surface area contributed by atoms with Crippen molar-refractivity contribution >= 4 is 11.9 Å². The van der Waals surface area contributed by atoms with Gasteiger partial charge in [-0.2, -0.15) is 0 Å². The van der Waals surface area contributed by atoms with Crippen molar-refractivity contribution in [3.05, 3.63) is 95.5 Å². The molecule has 2 N–H and O–H groups in total. The van der Waals surface area contributed by atoms with E-state index in [1.165, 1.54) is 5.56 Å². The number of esters is 2. The molecule has 2 aromatic rings. The third-order valence-corrected chi connectivity index (χ3v) is 16.8. The quantitative estimate of drug-likeness (QED) is 0.127. The van der Waals surface area contributed by atoms with E-state index in [0.717, 1.165) is 61.8 Å². The first-order valence-electron chi connectivity index (χ1n) is 22.1. The van der Waals surface area contributed by atoms with E-state index < -0.39 is 46.2 Å². The van der Waals surface area contributed by atoms with Crippen LogP contribution in [0.15, 0.2) is 73.2 Å². The topological polar surface area (TPSA) is 133 Å². The van der Waals surface area contributed by atoms with Crippen molar-refractivity contribution in [1.29, 1.82) is 0 Å². The fourth-order valence-electron chi connectivity index (χ4n) is 14.3. The predicted molar refractivity (Wildman–Crippen MR) is 219 cm³/mol. The van der Waals surface area contributed by atoms with Crippen LogP contribution in [0.2, 0.25) is 0 Å². The van der Waals surface area contributed by atoms with Crippen molar-refractivity contribution in [3.63, 3.8) is 0 Å². The molecule has 3 unspecified atom stereocenters. The van der Waals surface area contributed by atoms with Gasteiger partial charge >= 0.3 is 11.9 Å². The van der Waals surface area contributed by atoms with E-state index in [-0.39, 0.29) is 42.4 Å². The Labute approximate surface area is 351 Å². The van der Waals surface area contributed by atoms with Crippen molar-refractivity contribution in [3.8, 4) is 23.0 Å². The van der Waals surface area contributed by atoms with Gasteiger partial charge in [0.05, 0.1) is 22.0 Å². The van der Waals surface area contributed by atoms with Crippen molar-refractivity contribution < 1.29 is 48.2 Å². The lowest BCUT2D eigenvalue weighted by molar-refractivity contribution is -0.330. The molecular weight excluding hydrogens is 763 g/mol. The number of methoxy groups -OCH3 is 1. The maximum Gasteiger partial charge on any atom is 0.310 e. The Morgan fingerprint density at radius 1 is 0.850 bits per heavy atom. The van der Waals surface area contributed by atoms with E-state index in [1.54, 1.807) is 19.2 Å². The van der Waals surface area contributed by atoms with Gasteiger partial charge in [-0.15, -0.1) is 13.2 Å². The van der Waals surface area contributed by atoms with Gasteiger partial charge in [0.2, 0.25) is 0 Å². The first-order chi connectivity index (χ1) is 29.1. The lowest BCUT2D eigenvalue weighted by Gasteiger charge is -2.66. The number of unbranched alkanes of at least 4 members (excludes halogenated alkanes) is 1. The van der Waals surface area contributed by atoms with E-state index in [0.29, 0.717) is 67.1 Å². The van der Waals surface area contributed by atoms with Crippen LogP contribution >= 0.6 is 0 Å². The minimum absolute atomic E-state index is 0.0233. The van der Waals surface area contributed by atoms with Crippen LogP contribution in [0.1, 0.15) is 93.4 Å². The second-order valence-electron chi connectivity index (χ2n) is 18.9. The SMILES string of the molecule is C=CCC1CC[C@]23c4c5ccc(O)c4O[C@H]2C(OC(=O)CCCCC(=O)OC2=CC[C@@]46OC7[C@@H]4Cc4ccc(O)c8c4[C@@]6(CCN7CC=C)[C@H]2O8)=CC[C@@]3(OC)[C@@H](C5)C1C. The van der Waals surface area contributed by atoms with Gasteiger partial charge in [-0.25, -0.2) is 0 Å². The normalized spacial score (nSPS) is 37.9. The minimum Gasteiger partial charge on any atom is -0.504 e. The molecule has 60 heavy (non-hydrogen) atoms. The summed E-state index contributed by atoms with van der Waals surface area (Å²) in [5.41, 5.74) is 2.02. The van der Waals surface area contributed by atoms with E-state index >= 15 is 0 Å². The van der Waals surface area contributed by atoms with Crippen LogP contribution in [0.5, 0.6) is 23.0 Å². The van der Waals surface area contributed by atoms with Crippen LogP contribution in [0, 0.1) is 23.7 Å². The molecule has 2 aromatic carbocycles. The zero-order valence-corrected chi connectivity index (χ0v) is 34.6. The van der Waals surface area contributed by atoms with Crippen LogP contribution < -0.4 is 9.47 Å². The lowest BCUT2D eigenvalue weighted by Crippen LogP contribution is -2.76. The lowest BCUT2D eigenvalue weighted by atomic mass is 9.48. The van der Waals surface area contributed by atoms with Gasteiger partial charge in [-0.05, 0) is 117 Å². The smallest absolute Gasteiger partial charge is 0.310 e. The van der Waals surface area contributed by atoms with Gasteiger partial charge in [-0.3, -0.25) is 14.5 Å². The minimum atomic E-state index is -0.628. The molecule has 316 valence electrons. The molecule has 4 fully saturated rings. The number of fused-ring (bicyclic) bond motifs is 2. The Morgan fingerprint density at radius 3 is 2.10 bits per heavy atom. The highest BCUT2D eigenvalue weighted by atomic mass is 16.6. The molecule has 11 nitrogen and oxygen atoms in total. The summed E-state index contributed by atoms with van der Waals surface area (Å²) in [6.07, 6.45) is 13.9. The first kappa shape index (κ1) is 38.3. The molecule has 11 heteroatoms. The standard InChI is InChI=1S/C49H55NO10/c1-5-9-28-16-19-46-39-29-12-14-33(51)41(39)58-43(46)35(17-20-48(46,55-4)31(25-29)27(28)3)56-37(53)10-7-8-11-38(54)57-36-18-21-49-32-26-30-13-15-34(52)42-40(30)47(49,44(36)59-42)22-24-50(23-6-2)45(32)60-49/h5-6,12-15,17-18,27-28,31-32,43-45,51-52H,1-2,7-11,16,19-26H2,3-4H3/t27?,28?,31-,32-,43-,44-,45?,46-,47-,48+,49+/m0/s1. The van der Waals surface area contributed by atoms with E-state index in [1.807, 2.05) is 36.4 Å². The number of benzene rings is 2. The van der Waals surface area contributed by atoms with Crippen molar-refractivity contribution in [2.24, 2.45) is 23.7 Å². The largest absolute Gasteiger partial charge is 0.504 e. The summed E-state index contributed by atoms with van der Waals surface area (Å²) in [6.45, 7) is 11.9. The molecule has 5 aliphatic carbocycles. The Hall–Kier alpha value is -4.58. The number of rotatable bonds is 12. The average Bonchev–Trinajstić information content (AvgIpc) is 3.71. The number of allylic oxidation sites excluding steroid dienone is 1. The molecule has 11 atom stereocenters. The molecule has 0 aromatic heterocycles. The van der Waals surface area contributed by atoms with Crippen LogP contribution in [0.4, 0.5) is 0 Å².